The molecule has 1 heterocycles. The number of hydrogen-bond acceptors (Lipinski definition) is 3. The molecule has 0 amide bonds. The second kappa shape index (κ2) is 6.20. The van der Waals surface area contributed by atoms with Crippen molar-refractivity contribution in [3.05, 3.63) is 48.3 Å². The second-order valence-corrected chi connectivity index (χ2v) is 5.76. The molecule has 2 rings (SSSR count). The monoisotopic (exact) mass is 272 g/mol. The van der Waals surface area contributed by atoms with Gasteiger partial charge in [0.1, 0.15) is 0 Å². The molecule has 2 aromatic rings. The highest BCUT2D eigenvalue weighted by molar-refractivity contribution is 5.30. The van der Waals surface area contributed by atoms with Crippen LogP contribution in [-0.4, -0.2) is 21.9 Å². The highest BCUT2D eigenvalue weighted by Gasteiger charge is 2.25. The third-order valence-corrected chi connectivity index (χ3v) is 4.05. The van der Waals surface area contributed by atoms with Gasteiger partial charge in [-0.25, -0.2) is 4.68 Å². The molecule has 0 saturated heterocycles. The van der Waals surface area contributed by atoms with Crippen molar-refractivity contribution in [2.75, 3.05) is 6.54 Å². The van der Waals surface area contributed by atoms with E-state index in [1.807, 2.05) is 41.2 Å². The first-order chi connectivity index (χ1) is 9.55. The van der Waals surface area contributed by atoms with Gasteiger partial charge in [0, 0.05) is 30.4 Å². The molecule has 0 spiro atoms. The first-order valence-corrected chi connectivity index (χ1v) is 7.09. The van der Waals surface area contributed by atoms with E-state index in [0.717, 1.165) is 17.8 Å². The van der Waals surface area contributed by atoms with Crippen LogP contribution in [0.25, 0.3) is 5.69 Å². The third kappa shape index (κ3) is 3.26. The predicted octanol–water partition coefficient (Wildman–Crippen LogP) is 2.34. The van der Waals surface area contributed by atoms with Crippen molar-refractivity contribution in [2.45, 2.75) is 32.9 Å². The van der Waals surface area contributed by atoms with Crippen molar-refractivity contribution in [3.8, 4) is 5.69 Å². The SMILES string of the molecule is CC(C)C(C)(CN)NCc1cnn(-c2ccccc2)c1. The summed E-state index contributed by atoms with van der Waals surface area (Å²) in [6.45, 7) is 7.94. The highest BCUT2D eigenvalue weighted by Crippen LogP contribution is 2.16. The first kappa shape index (κ1) is 14.8. The number of para-hydroxylation sites is 1. The van der Waals surface area contributed by atoms with E-state index >= 15 is 0 Å². The number of rotatable bonds is 6. The normalized spacial score (nSPS) is 14.4. The summed E-state index contributed by atoms with van der Waals surface area (Å²) in [7, 11) is 0. The molecule has 1 unspecified atom stereocenters. The molecule has 0 bridgehead atoms. The molecule has 1 aromatic carbocycles. The fourth-order valence-electron chi connectivity index (χ4n) is 1.99. The molecule has 1 atom stereocenters. The summed E-state index contributed by atoms with van der Waals surface area (Å²) >= 11 is 0. The van der Waals surface area contributed by atoms with Crippen LogP contribution in [0.4, 0.5) is 0 Å². The van der Waals surface area contributed by atoms with E-state index < -0.39 is 0 Å². The van der Waals surface area contributed by atoms with Gasteiger partial charge in [-0.2, -0.15) is 5.10 Å². The predicted molar refractivity (Wildman–Crippen MR) is 82.7 cm³/mol. The summed E-state index contributed by atoms with van der Waals surface area (Å²) in [6.07, 6.45) is 3.96. The average Bonchev–Trinajstić information content (AvgIpc) is 2.94. The van der Waals surface area contributed by atoms with Gasteiger partial charge in [-0.1, -0.05) is 32.0 Å². The quantitative estimate of drug-likeness (QED) is 0.848. The molecule has 108 valence electrons. The summed E-state index contributed by atoms with van der Waals surface area (Å²) in [5.41, 5.74) is 8.07. The van der Waals surface area contributed by atoms with Gasteiger partial charge in [-0.05, 0) is 25.0 Å². The Morgan fingerprint density at radius 2 is 2.00 bits per heavy atom. The molecule has 3 N–H and O–H groups in total. The fraction of sp³-hybridized carbons (Fsp3) is 0.438. The maximum Gasteiger partial charge on any atom is 0.0645 e. The van der Waals surface area contributed by atoms with Crippen LogP contribution in [0.5, 0.6) is 0 Å². The number of nitrogens with one attached hydrogen (secondary N) is 1. The Morgan fingerprint density at radius 1 is 1.30 bits per heavy atom. The zero-order valence-corrected chi connectivity index (χ0v) is 12.5. The Hall–Kier alpha value is -1.65. The summed E-state index contributed by atoms with van der Waals surface area (Å²) in [4.78, 5) is 0. The second-order valence-electron chi connectivity index (χ2n) is 5.76. The van der Waals surface area contributed by atoms with Gasteiger partial charge >= 0.3 is 0 Å². The summed E-state index contributed by atoms with van der Waals surface area (Å²) in [5, 5.41) is 7.95. The largest absolute Gasteiger partial charge is 0.329 e. The van der Waals surface area contributed by atoms with Crippen LogP contribution in [0.3, 0.4) is 0 Å². The Balaban J connectivity index is 2.04. The molecule has 0 fully saturated rings. The van der Waals surface area contributed by atoms with Crippen LogP contribution in [-0.2, 0) is 6.54 Å². The maximum absolute atomic E-state index is 5.89. The number of nitrogens with zero attached hydrogens (tertiary/aromatic N) is 2. The first-order valence-electron chi connectivity index (χ1n) is 7.09. The Labute approximate surface area is 121 Å². The van der Waals surface area contributed by atoms with Gasteiger partial charge in [-0.3, -0.25) is 0 Å². The minimum absolute atomic E-state index is 0.0468. The van der Waals surface area contributed by atoms with Crippen LogP contribution in [0.15, 0.2) is 42.7 Å². The average molecular weight is 272 g/mol. The molecule has 0 aliphatic rings. The van der Waals surface area contributed by atoms with E-state index in [4.69, 9.17) is 5.73 Å². The zero-order chi connectivity index (χ0) is 14.6. The number of nitrogens with two attached hydrogens (primary N) is 1. The number of hydrogen-bond donors (Lipinski definition) is 2. The fourth-order valence-corrected chi connectivity index (χ4v) is 1.99. The number of benzene rings is 1. The molecule has 0 radical (unpaired) electrons. The molecule has 1 aromatic heterocycles. The van der Waals surface area contributed by atoms with E-state index in [1.54, 1.807) is 0 Å². The van der Waals surface area contributed by atoms with Gasteiger partial charge in [0.2, 0.25) is 0 Å². The maximum atomic E-state index is 5.89. The van der Waals surface area contributed by atoms with Crippen molar-refractivity contribution in [1.82, 2.24) is 15.1 Å². The Bertz CT molecular complexity index is 532. The summed E-state index contributed by atoms with van der Waals surface area (Å²) in [6, 6.07) is 10.1. The molecular weight excluding hydrogens is 248 g/mol. The van der Waals surface area contributed by atoms with Crippen LogP contribution < -0.4 is 11.1 Å². The van der Waals surface area contributed by atoms with Crippen LogP contribution >= 0.6 is 0 Å². The lowest BCUT2D eigenvalue weighted by Gasteiger charge is -2.33. The van der Waals surface area contributed by atoms with E-state index in [2.05, 4.69) is 37.4 Å². The topological polar surface area (TPSA) is 55.9 Å². The molecular formula is C16H24N4. The van der Waals surface area contributed by atoms with Gasteiger partial charge < -0.3 is 11.1 Å². The molecule has 0 saturated carbocycles. The summed E-state index contributed by atoms with van der Waals surface area (Å²) in [5.74, 6) is 0.483. The van der Waals surface area contributed by atoms with Crippen molar-refractivity contribution in [1.29, 1.82) is 0 Å². The van der Waals surface area contributed by atoms with E-state index in [1.165, 1.54) is 0 Å². The van der Waals surface area contributed by atoms with Crippen molar-refractivity contribution in [3.63, 3.8) is 0 Å². The van der Waals surface area contributed by atoms with Crippen molar-refractivity contribution >= 4 is 0 Å². The van der Waals surface area contributed by atoms with Crippen LogP contribution in [0, 0.1) is 5.92 Å². The number of aromatic nitrogens is 2. The van der Waals surface area contributed by atoms with E-state index in [-0.39, 0.29) is 5.54 Å². The van der Waals surface area contributed by atoms with Crippen LogP contribution in [0.1, 0.15) is 26.3 Å². The molecule has 20 heavy (non-hydrogen) atoms. The molecule has 0 aliphatic heterocycles. The lowest BCUT2D eigenvalue weighted by atomic mass is 9.88. The van der Waals surface area contributed by atoms with E-state index in [0.29, 0.717) is 12.5 Å². The van der Waals surface area contributed by atoms with Gasteiger partial charge in [-0.15, -0.1) is 0 Å². The zero-order valence-electron chi connectivity index (χ0n) is 12.5. The molecule has 4 nitrogen and oxygen atoms in total. The van der Waals surface area contributed by atoms with Gasteiger partial charge in [0.15, 0.2) is 0 Å². The van der Waals surface area contributed by atoms with Crippen molar-refractivity contribution < 1.29 is 0 Å². The lowest BCUT2D eigenvalue weighted by molar-refractivity contribution is 0.267. The smallest absolute Gasteiger partial charge is 0.0645 e. The minimum atomic E-state index is -0.0468. The van der Waals surface area contributed by atoms with E-state index in [9.17, 15) is 0 Å². The van der Waals surface area contributed by atoms with Crippen molar-refractivity contribution in [2.24, 2.45) is 11.7 Å². The van der Waals surface area contributed by atoms with Gasteiger partial charge in [0.25, 0.3) is 0 Å². The third-order valence-electron chi connectivity index (χ3n) is 4.05. The highest BCUT2D eigenvalue weighted by atomic mass is 15.3. The van der Waals surface area contributed by atoms with Crippen LogP contribution in [0.2, 0.25) is 0 Å². The standard InChI is InChI=1S/C16H24N4/c1-13(2)16(3,12-17)18-9-14-10-19-20(11-14)15-7-5-4-6-8-15/h4-8,10-11,13,18H,9,12,17H2,1-3H3. The minimum Gasteiger partial charge on any atom is -0.329 e. The van der Waals surface area contributed by atoms with Gasteiger partial charge in [0.05, 0.1) is 11.9 Å². The Morgan fingerprint density at radius 3 is 2.60 bits per heavy atom. The lowest BCUT2D eigenvalue weighted by Crippen LogP contribution is -2.52. The molecule has 0 aliphatic carbocycles. The molecule has 4 heteroatoms. The summed E-state index contributed by atoms with van der Waals surface area (Å²) < 4.78 is 1.90. The Kier molecular flexibility index (Phi) is 4.57.